The van der Waals surface area contributed by atoms with Crippen LogP contribution in [0.4, 0.5) is 37.0 Å². The van der Waals surface area contributed by atoms with E-state index in [1.165, 1.54) is 4.90 Å². The largest absolute Gasteiger partial charge is 0.445 e. The number of amides is 1. The summed E-state index contributed by atoms with van der Waals surface area (Å²) in [4.78, 5) is 16.2. The topological polar surface area (TPSA) is 62.6 Å². The molecule has 2 aliphatic rings. The molecule has 3 heterocycles. The van der Waals surface area contributed by atoms with E-state index in [0.717, 1.165) is 31.1 Å². The molecule has 2 aliphatic heterocycles. The van der Waals surface area contributed by atoms with Gasteiger partial charge in [0.25, 0.3) is 0 Å². The van der Waals surface area contributed by atoms with E-state index in [1.807, 2.05) is 10.7 Å². The van der Waals surface area contributed by atoms with Gasteiger partial charge in [0.2, 0.25) is 0 Å². The van der Waals surface area contributed by atoms with Gasteiger partial charge in [0.15, 0.2) is 5.82 Å². The molecule has 1 unspecified atom stereocenters. The van der Waals surface area contributed by atoms with Crippen molar-refractivity contribution in [1.29, 1.82) is 0 Å². The number of aromatic nitrogens is 2. The number of benzene rings is 1. The van der Waals surface area contributed by atoms with Crippen molar-refractivity contribution in [1.82, 2.24) is 20.0 Å². The van der Waals surface area contributed by atoms with Crippen LogP contribution in [0.25, 0.3) is 0 Å². The fourth-order valence-electron chi connectivity index (χ4n) is 4.24. The number of ether oxygens (including phenoxy) is 1. The fourth-order valence-corrected chi connectivity index (χ4v) is 4.24. The Morgan fingerprint density at radius 2 is 1.74 bits per heavy atom. The van der Waals surface area contributed by atoms with Crippen LogP contribution < -0.4 is 10.2 Å². The molecule has 1 amide bonds. The van der Waals surface area contributed by atoms with Crippen molar-refractivity contribution in [3.05, 3.63) is 46.6 Å². The number of halogens is 6. The molecular formula is C22H25F6N5O2. The first-order valence-corrected chi connectivity index (χ1v) is 11.2. The third-order valence-corrected chi connectivity index (χ3v) is 5.96. The molecule has 13 heteroatoms. The molecule has 1 saturated heterocycles. The van der Waals surface area contributed by atoms with Crippen molar-refractivity contribution in [2.45, 2.75) is 51.4 Å². The molecular weight excluding hydrogens is 480 g/mol. The zero-order chi connectivity index (χ0) is 25.4. The maximum Gasteiger partial charge on any atom is 0.416 e. The van der Waals surface area contributed by atoms with Crippen LogP contribution in [0.15, 0.2) is 24.3 Å². The van der Waals surface area contributed by atoms with E-state index in [0.29, 0.717) is 37.7 Å². The third kappa shape index (κ3) is 6.00. The average molecular weight is 505 g/mol. The molecule has 1 aromatic heterocycles. The molecule has 1 aromatic carbocycles. The van der Waals surface area contributed by atoms with Crippen LogP contribution in [0.5, 0.6) is 0 Å². The van der Waals surface area contributed by atoms with Crippen LogP contribution in [0.2, 0.25) is 0 Å². The van der Waals surface area contributed by atoms with E-state index in [4.69, 9.17) is 4.74 Å². The number of aryl methyl sites for hydroxylation is 1. The summed E-state index contributed by atoms with van der Waals surface area (Å²) in [6.45, 7) is 4.83. The van der Waals surface area contributed by atoms with Gasteiger partial charge in [-0.05, 0) is 37.1 Å². The highest BCUT2D eigenvalue weighted by Gasteiger charge is 2.37. The standard InChI is InChI=1S/C22H25F6N5O2/c1-14-11-31(6-3-29-14)19-10-18-12-32(4-2-5-33(18)30-19)20(34)35-13-15-7-16(21(23,24)25)9-17(8-15)22(26,27)28/h7-10,14,29H,2-6,11-13H2,1H3. The summed E-state index contributed by atoms with van der Waals surface area (Å²) in [5.74, 6) is 0.798. The van der Waals surface area contributed by atoms with Crippen LogP contribution >= 0.6 is 0 Å². The fraction of sp³-hybridized carbons (Fsp3) is 0.545. The van der Waals surface area contributed by atoms with Crippen molar-refractivity contribution < 1.29 is 35.9 Å². The highest BCUT2D eigenvalue weighted by Crippen LogP contribution is 2.36. The maximum atomic E-state index is 13.1. The lowest BCUT2D eigenvalue weighted by Crippen LogP contribution is -2.49. The van der Waals surface area contributed by atoms with Crippen LogP contribution in [0, 0.1) is 0 Å². The molecule has 4 rings (SSSR count). The summed E-state index contributed by atoms with van der Waals surface area (Å²) in [5.41, 5.74) is -2.52. The maximum absolute atomic E-state index is 13.1. The predicted molar refractivity (Wildman–Crippen MR) is 114 cm³/mol. The number of alkyl halides is 6. The van der Waals surface area contributed by atoms with E-state index >= 15 is 0 Å². The zero-order valence-corrected chi connectivity index (χ0v) is 18.9. The molecule has 1 fully saturated rings. The number of anilines is 1. The van der Waals surface area contributed by atoms with Gasteiger partial charge in [-0.15, -0.1) is 0 Å². The highest BCUT2D eigenvalue weighted by atomic mass is 19.4. The smallest absolute Gasteiger partial charge is 0.416 e. The van der Waals surface area contributed by atoms with Gasteiger partial charge in [0, 0.05) is 44.8 Å². The first-order chi connectivity index (χ1) is 16.4. The molecule has 192 valence electrons. The van der Waals surface area contributed by atoms with Gasteiger partial charge in [-0.2, -0.15) is 31.4 Å². The molecule has 0 spiro atoms. The lowest BCUT2D eigenvalue weighted by atomic mass is 10.1. The normalized spacial score (nSPS) is 19.3. The Labute approximate surface area is 197 Å². The van der Waals surface area contributed by atoms with E-state index in [-0.39, 0.29) is 12.6 Å². The Hall–Kier alpha value is -2.96. The molecule has 7 nitrogen and oxygen atoms in total. The van der Waals surface area contributed by atoms with Crippen LogP contribution in [-0.4, -0.2) is 53.0 Å². The molecule has 0 saturated carbocycles. The van der Waals surface area contributed by atoms with E-state index < -0.39 is 41.7 Å². The minimum absolute atomic E-state index is 0.0397. The molecule has 1 N–H and O–H groups in total. The number of hydrogen-bond donors (Lipinski definition) is 1. The minimum atomic E-state index is -4.97. The van der Waals surface area contributed by atoms with Crippen molar-refractivity contribution in [3.63, 3.8) is 0 Å². The Morgan fingerprint density at radius 1 is 1.06 bits per heavy atom. The SMILES string of the molecule is CC1CN(c2cc3n(n2)CCCN(C(=O)OCc2cc(C(F)(F)F)cc(C(F)(F)F)c2)C3)CCN1. The minimum Gasteiger partial charge on any atom is -0.445 e. The van der Waals surface area contributed by atoms with Gasteiger partial charge in [-0.25, -0.2) is 4.79 Å². The van der Waals surface area contributed by atoms with Gasteiger partial charge in [-0.3, -0.25) is 4.68 Å². The number of carbonyl (C=O) groups excluding carboxylic acids is 1. The Kier molecular flexibility index (Phi) is 6.89. The lowest BCUT2D eigenvalue weighted by Gasteiger charge is -2.31. The number of rotatable bonds is 3. The summed E-state index contributed by atoms with van der Waals surface area (Å²) >= 11 is 0. The van der Waals surface area contributed by atoms with Crippen LogP contribution in [0.1, 0.15) is 35.7 Å². The molecule has 0 bridgehead atoms. The predicted octanol–water partition coefficient (Wildman–Crippen LogP) is 4.26. The van der Waals surface area contributed by atoms with Gasteiger partial charge >= 0.3 is 18.4 Å². The van der Waals surface area contributed by atoms with Crippen molar-refractivity contribution in [2.75, 3.05) is 31.1 Å². The molecule has 0 radical (unpaired) electrons. The monoisotopic (exact) mass is 505 g/mol. The average Bonchev–Trinajstić information content (AvgIpc) is 3.07. The van der Waals surface area contributed by atoms with Gasteiger partial charge in [-0.1, -0.05) is 0 Å². The summed E-state index contributed by atoms with van der Waals surface area (Å²) < 4.78 is 85.4. The summed E-state index contributed by atoms with van der Waals surface area (Å²) in [6.07, 6.45) is -10.2. The van der Waals surface area contributed by atoms with E-state index in [1.54, 1.807) is 0 Å². The first-order valence-electron chi connectivity index (χ1n) is 11.2. The van der Waals surface area contributed by atoms with Gasteiger partial charge < -0.3 is 19.9 Å². The number of piperazine rings is 1. The summed E-state index contributed by atoms with van der Waals surface area (Å²) in [6, 6.07) is 3.36. The Balaban J connectivity index is 1.45. The van der Waals surface area contributed by atoms with Crippen molar-refractivity contribution >= 4 is 11.9 Å². The second kappa shape index (κ2) is 9.59. The van der Waals surface area contributed by atoms with Crippen molar-refractivity contribution in [2.24, 2.45) is 0 Å². The second-order valence-electron chi connectivity index (χ2n) is 8.76. The van der Waals surface area contributed by atoms with Crippen LogP contribution in [0.3, 0.4) is 0 Å². The van der Waals surface area contributed by atoms with Gasteiger partial charge in [0.1, 0.15) is 6.61 Å². The number of nitrogens with zero attached hydrogens (tertiary/aromatic N) is 4. The van der Waals surface area contributed by atoms with Crippen LogP contribution in [-0.2, 0) is 36.8 Å². The number of fused-ring (bicyclic) bond motifs is 1. The first kappa shape index (κ1) is 25.1. The molecule has 35 heavy (non-hydrogen) atoms. The summed E-state index contributed by atoms with van der Waals surface area (Å²) in [7, 11) is 0. The number of hydrogen-bond acceptors (Lipinski definition) is 5. The third-order valence-electron chi connectivity index (χ3n) is 5.96. The highest BCUT2D eigenvalue weighted by molar-refractivity contribution is 5.67. The Bertz CT molecular complexity index is 1040. The number of nitrogens with one attached hydrogen (secondary N) is 1. The van der Waals surface area contributed by atoms with E-state index in [2.05, 4.69) is 22.2 Å². The Morgan fingerprint density at radius 3 is 2.37 bits per heavy atom. The molecule has 2 aromatic rings. The molecule has 1 atom stereocenters. The van der Waals surface area contributed by atoms with Gasteiger partial charge in [0.05, 0.1) is 23.4 Å². The quantitative estimate of drug-likeness (QED) is 0.632. The zero-order valence-electron chi connectivity index (χ0n) is 18.9. The summed E-state index contributed by atoms with van der Waals surface area (Å²) in [5, 5.41) is 8.00. The second-order valence-corrected chi connectivity index (χ2v) is 8.76. The molecule has 0 aliphatic carbocycles. The lowest BCUT2D eigenvalue weighted by molar-refractivity contribution is -0.143. The van der Waals surface area contributed by atoms with E-state index in [9.17, 15) is 31.1 Å². The number of carbonyl (C=O) groups is 1. The van der Waals surface area contributed by atoms with Crippen molar-refractivity contribution in [3.8, 4) is 0 Å².